The third-order valence-electron chi connectivity index (χ3n) is 3.14. The summed E-state index contributed by atoms with van der Waals surface area (Å²) in [6, 6.07) is 10.9. The predicted octanol–water partition coefficient (Wildman–Crippen LogP) is 3.83. The van der Waals surface area contributed by atoms with Crippen molar-refractivity contribution in [3.8, 4) is 11.4 Å². The van der Waals surface area contributed by atoms with Crippen LogP contribution in [0.4, 0.5) is 0 Å². The lowest BCUT2D eigenvalue weighted by atomic mass is 10.2. The van der Waals surface area contributed by atoms with Crippen LogP contribution in [0.2, 0.25) is 5.02 Å². The largest absolute Gasteiger partial charge is 0.462 e. The number of hydrogen-bond donors (Lipinski definition) is 0. The second-order valence-electron chi connectivity index (χ2n) is 4.48. The maximum absolute atomic E-state index is 12.2. The Balaban J connectivity index is 2.28. The first-order valence-corrected chi connectivity index (χ1v) is 6.97. The number of aromatic nitrogens is 2. The summed E-state index contributed by atoms with van der Waals surface area (Å²) in [5, 5.41) is 0.614. The van der Waals surface area contributed by atoms with Crippen molar-refractivity contribution in [1.29, 1.82) is 0 Å². The summed E-state index contributed by atoms with van der Waals surface area (Å²) in [6.45, 7) is 2.11. The molecule has 0 amide bonds. The van der Waals surface area contributed by atoms with E-state index in [9.17, 15) is 4.79 Å². The Morgan fingerprint density at radius 3 is 2.90 bits per heavy atom. The number of esters is 1. The molecular formula is C16H13ClN2O2. The highest BCUT2D eigenvalue weighted by molar-refractivity contribution is 6.30. The molecule has 0 aromatic carbocycles. The molecule has 3 aromatic heterocycles. The summed E-state index contributed by atoms with van der Waals surface area (Å²) in [5.41, 5.74) is 2.73. The molecule has 0 aliphatic heterocycles. The van der Waals surface area contributed by atoms with Crippen LogP contribution in [-0.2, 0) is 4.74 Å². The Morgan fingerprint density at radius 2 is 2.19 bits per heavy atom. The zero-order valence-corrected chi connectivity index (χ0v) is 12.2. The number of ether oxygens (including phenoxy) is 1. The van der Waals surface area contributed by atoms with E-state index in [1.807, 2.05) is 28.8 Å². The molecule has 5 heteroatoms. The molecule has 106 valence electrons. The van der Waals surface area contributed by atoms with Gasteiger partial charge in [-0.1, -0.05) is 17.7 Å². The van der Waals surface area contributed by atoms with Gasteiger partial charge in [-0.15, -0.1) is 0 Å². The number of hydrogen-bond acceptors (Lipinski definition) is 3. The van der Waals surface area contributed by atoms with E-state index < -0.39 is 0 Å². The highest BCUT2D eigenvalue weighted by Crippen LogP contribution is 2.28. The molecule has 3 rings (SSSR count). The molecular weight excluding hydrogens is 288 g/mol. The Kier molecular flexibility index (Phi) is 3.62. The maximum atomic E-state index is 12.2. The van der Waals surface area contributed by atoms with E-state index >= 15 is 0 Å². The Labute approximate surface area is 126 Å². The minimum absolute atomic E-state index is 0.327. The smallest absolute Gasteiger partial charge is 0.340 e. The first kappa shape index (κ1) is 13.6. The molecule has 0 saturated heterocycles. The summed E-state index contributed by atoms with van der Waals surface area (Å²) >= 11 is 6.02. The number of fused-ring (bicyclic) bond motifs is 1. The number of carbonyl (C=O) groups is 1. The van der Waals surface area contributed by atoms with Gasteiger partial charge in [-0.25, -0.2) is 4.79 Å². The Bertz CT molecular complexity index is 797. The van der Waals surface area contributed by atoms with E-state index in [2.05, 4.69) is 4.98 Å². The van der Waals surface area contributed by atoms with Crippen LogP contribution in [-0.4, -0.2) is 22.0 Å². The SMILES string of the molecule is CCOC(=O)c1cc2cc(Cl)ccn2c1-c1ccccn1. The van der Waals surface area contributed by atoms with Gasteiger partial charge in [-0.05, 0) is 37.3 Å². The van der Waals surface area contributed by atoms with Crippen molar-refractivity contribution in [2.24, 2.45) is 0 Å². The molecule has 0 spiro atoms. The van der Waals surface area contributed by atoms with Crippen LogP contribution in [0.5, 0.6) is 0 Å². The van der Waals surface area contributed by atoms with Gasteiger partial charge in [0.15, 0.2) is 0 Å². The van der Waals surface area contributed by atoms with Gasteiger partial charge in [0.25, 0.3) is 0 Å². The lowest BCUT2D eigenvalue weighted by Gasteiger charge is -2.06. The first-order chi connectivity index (χ1) is 10.2. The zero-order valence-electron chi connectivity index (χ0n) is 11.4. The summed E-state index contributed by atoms with van der Waals surface area (Å²) in [7, 11) is 0. The molecule has 0 N–H and O–H groups in total. The van der Waals surface area contributed by atoms with Crippen molar-refractivity contribution in [3.63, 3.8) is 0 Å². The van der Waals surface area contributed by atoms with Crippen LogP contribution in [0.15, 0.2) is 48.8 Å². The molecule has 0 fully saturated rings. The molecule has 0 radical (unpaired) electrons. The second-order valence-corrected chi connectivity index (χ2v) is 4.92. The van der Waals surface area contributed by atoms with E-state index in [0.29, 0.717) is 28.6 Å². The first-order valence-electron chi connectivity index (χ1n) is 6.60. The molecule has 3 aromatic rings. The number of nitrogens with zero attached hydrogens (tertiary/aromatic N) is 2. The fourth-order valence-electron chi connectivity index (χ4n) is 2.28. The van der Waals surface area contributed by atoms with Gasteiger partial charge >= 0.3 is 5.97 Å². The van der Waals surface area contributed by atoms with Crippen molar-refractivity contribution in [3.05, 3.63) is 59.4 Å². The van der Waals surface area contributed by atoms with Crippen LogP contribution in [0.1, 0.15) is 17.3 Å². The molecule has 0 aliphatic rings. The molecule has 0 bridgehead atoms. The van der Waals surface area contributed by atoms with Gasteiger partial charge < -0.3 is 9.14 Å². The van der Waals surface area contributed by atoms with Crippen LogP contribution in [0.25, 0.3) is 16.9 Å². The van der Waals surface area contributed by atoms with E-state index in [4.69, 9.17) is 16.3 Å². The number of halogens is 1. The summed E-state index contributed by atoms with van der Waals surface area (Å²) in [4.78, 5) is 16.5. The number of pyridine rings is 2. The molecule has 0 saturated carbocycles. The highest BCUT2D eigenvalue weighted by atomic mass is 35.5. The van der Waals surface area contributed by atoms with Gasteiger partial charge in [0.2, 0.25) is 0 Å². The molecule has 0 atom stereocenters. The average Bonchev–Trinajstić information content (AvgIpc) is 2.87. The fourth-order valence-corrected chi connectivity index (χ4v) is 2.45. The van der Waals surface area contributed by atoms with Crippen molar-refractivity contribution in [2.45, 2.75) is 6.92 Å². The van der Waals surface area contributed by atoms with Gasteiger partial charge in [0.1, 0.15) is 0 Å². The maximum Gasteiger partial charge on any atom is 0.340 e. The summed E-state index contributed by atoms with van der Waals surface area (Å²) < 4.78 is 7.03. The van der Waals surface area contributed by atoms with Crippen LogP contribution < -0.4 is 0 Å². The predicted molar refractivity (Wildman–Crippen MR) is 81.6 cm³/mol. The molecule has 3 heterocycles. The third-order valence-corrected chi connectivity index (χ3v) is 3.37. The zero-order chi connectivity index (χ0) is 14.8. The van der Waals surface area contributed by atoms with Gasteiger partial charge in [-0.3, -0.25) is 4.98 Å². The number of rotatable bonds is 3. The molecule has 21 heavy (non-hydrogen) atoms. The molecule has 0 unspecified atom stereocenters. The topological polar surface area (TPSA) is 43.6 Å². The molecule has 0 aliphatic carbocycles. The third kappa shape index (κ3) is 2.50. The van der Waals surface area contributed by atoms with E-state index in [1.54, 1.807) is 31.3 Å². The van der Waals surface area contributed by atoms with E-state index in [0.717, 1.165) is 5.52 Å². The van der Waals surface area contributed by atoms with Gasteiger partial charge in [0, 0.05) is 22.9 Å². The monoisotopic (exact) mass is 300 g/mol. The lowest BCUT2D eigenvalue weighted by molar-refractivity contribution is 0.0527. The van der Waals surface area contributed by atoms with Gasteiger partial charge in [0.05, 0.1) is 23.6 Å². The van der Waals surface area contributed by atoms with Crippen LogP contribution in [0, 0.1) is 0 Å². The van der Waals surface area contributed by atoms with Crippen molar-refractivity contribution in [2.75, 3.05) is 6.61 Å². The highest BCUT2D eigenvalue weighted by Gasteiger charge is 2.20. The van der Waals surface area contributed by atoms with Crippen molar-refractivity contribution < 1.29 is 9.53 Å². The van der Waals surface area contributed by atoms with Crippen LogP contribution >= 0.6 is 11.6 Å². The van der Waals surface area contributed by atoms with Crippen molar-refractivity contribution >= 4 is 23.1 Å². The average molecular weight is 301 g/mol. The van der Waals surface area contributed by atoms with Crippen molar-refractivity contribution in [1.82, 2.24) is 9.38 Å². The summed E-state index contributed by atoms with van der Waals surface area (Å²) in [6.07, 6.45) is 3.52. The standard InChI is InChI=1S/C16H13ClN2O2/c1-2-21-16(20)13-10-12-9-11(17)6-8-19(12)15(13)14-5-3-4-7-18-14/h3-10H,2H2,1H3. The van der Waals surface area contributed by atoms with Gasteiger partial charge in [-0.2, -0.15) is 0 Å². The van der Waals surface area contributed by atoms with E-state index in [1.165, 1.54) is 0 Å². The fraction of sp³-hybridized carbons (Fsp3) is 0.125. The minimum Gasteiger partial charge on any atom is -0.462 e. The lowest BCUT2D eigenvalue weighted by Crippen LogP contribution is -2.06. The van der Waals surface area contributed by atoms with Crippen LogP contribution in [0.3, 0.4) is 0 Å². The second kappa shape index (κ2) is 5.58. The quantitative estimate of drug-likeness (QED) is 0.690. The summed E-state index contributed by atoms with van der Waals surface area (Å²) in [5.74, 6) is -0.363. The number of carbonyl (C=O) groups excluding carboxylic acids is 1. The molecule has 4 nitrogen and oxygen atoms in total. The Hall–Kier alpha value is -2.33. The van der Waals surface area contributed by atoms with E-state index in [-0.39, 0.29) is 5.97 Å². The minimum atomic E-state index is -0.363. The normalized spacial score (nSPS) is 10.8. The Morgan fingerprint density at radius 1 is 1.33 bits per heavy atom.